The molecule has 0 aliphatic carbocycles. The third kappa shape index (κ3) is 4.00. The van der Waals surface area contributed by atoms with Crippen LogP contribution in [0.25, 0.3) is 0 Å². The van der Waals surface area contributed by atoms with Crippen LogP contribution in [0.15, 0.2) is 6.33 Å². The minimum absolute atomic E-state index is 0.536. The van der Waals surface area contributed by atoms with Crippen molar-refractivity contribution in [3.63, 3.8) is 0 Å². The highest BCUT2D eigenvalue weighted by Crippen LogP contribution is 2.02. The largest absolute Gasteiger partial charge is 0.316 e. The fourth-order valence-corrected chi connectivity index (χ4v) is 1.37. The third-order valence-electron chi connectivity index (χ3n) is 2.48. The summed E-state index contributed by atoms with van der Waals surface area (Å²) in [6.07, 6.45) is 2.95. The Morgan fingerprint density at radius 1 is 1.40 bits per heavy atom. The van der Waals surface area contributed by atoms with Crippen LogP contribution in [0.3, 0.4) is 0 Å². The highest BCUT2D eigenvalue weighted by Gasteiger charge is 2.06. The van der Waals surface area contributed by atoms with Crippen LogP contribution in [0.5, 0.6) is 0 Å². The molecule has 86 valence electrons. The monoisotopic (exact) mass is 210 g/mol. The first-order valence-corrected chi connectivity index (χ1v) is 5.73. The lowest BCUT2D eigenvalue weighted by Crippen LogP contribution is -2.26. The molecular weight excluding hydrogens is 188 g/mol. The maximum Gasteiger partial charge on any atom is 0.146 e. The maximum absolute atomic E-state index is 4.13. The maximum atomic E-state index is 4.13. The Labute approximate surface area is 92.1 Å². The van der Waals surface area contributed by atoms with Crippen LogP contribution in [0.1, 0.15) is 39.9 Å². The molecule has 1 unspecified atom stereocenters. The number of hydrogen-bond donors (Lipinski definition) is 1. The Kier molecular flexibility index (Phi) is 4.75. The summed E-state index contributed by atoms with van der Waals surface area (Å²) in [4.78, 5) is 0. The van der Waals surface area contributed by atoms with Crippen LogP contribution in [0.4, 0.5) is 0 Å². The van der Waals surface area contributed by atoms with Crippen LogP contribution in [0.2, 0.25) is 0 Å². The zero-order chi connectivity index (χ0) is 11.3. The highest BCUT2D eigenvalue weighted by atomic mass is 15.3. The molecule has 0 aliphatic heterocycles. The van der Waals surface area contributed by atoms with Gasteiger partial charge in [0.1, 0.15) is 12.2 Å². The first kappa shape index (κ1) is 12.2. The normalized spacial score (nSPS) is 13.4. The molecule has 1 heterocycles. The number of rotatable bonds is 6. The quantitative estimate of drug-likeness (QED) is 0.779. The van der Waals surface area contributed by atoms with Crippen molar-refractivity contribution in [1.29, 1.82) is 0 Å². The average molecular weight is 210 g/mol. The predicted molar refractivity (Wildman–Crippen MR) is 61.5 cm³/mol. The summed E-state index contributed by atoms with van der Waals surface area (Å²) < 4.78 is 2.13. The van der Waals surface area contributed by atoms with E-state index < -0.39 is 0 Å². The molecule has 0 bridgehead atoms. The molecule has 1 N–H and O–H groups in total. The zero-order valence-corrected chi connectivity index (χ0v) is 10.2. The summed E-state index contributed by atoms with van der Waals surface area (Å²) >= 11 is 0. The van der Waals surface area contributed by atoms with E-state index in [4.69, 9.17) is 0 Å². The molecule has 0 amide bonds. The van der Waals surface area contributed by atoms with Crippen molar-refractivity contribution in [1.82, 2.24) is 20.1 Å². The van der Waals surface area contributed by atoms with Gasteiger partial charge in [0.15, 0.2) is 0 Å². The average Bonchev–Trinajstić information content (AvgIpc) is 2.61. The topological polar surface area (TPSA) is 42.7 Å². The Balaban J connectivity index is 2.49. The summed E-state index contributed by atoms with van der Waals surface area (Å²) in [5.74, 6) is 1.66. The second-order valence-corrected chi connectivity index (χ2v) is 4.48. The summed E-state index contributed by atoms with van der Waals surface area (Å²) in [6.45, 7) is 10.6. The van der Waals surface area contributed by atoms with Crippen molar-refractivity contribution in [2.75, 3.05) is 0 Å². The number of hydrogen-bond acceptors (Lipinski definition) is 3. The van der Waals surface area contributed by atoms with Gasteiger partial charge in [-0.3, -0.25) is 0 Å². The Hall–Kier alpha value is -0.900. The van der Waals surface area contributed by atoms with Gasteiger partial charge >= 0.3 is 0 Å². The van der Waals surface area contributed by atoms with E-state index in [1.165, 1.54) is 0 Å². The molecule has 1 aromatic rings. The first-order chi connectivity index (χ1) is 7.13. The minimum atomic E-state index is 0.536. The third-order valence-corrected chi connectivity index (χ3v) is 2.48. The summed E-state index contributed by atoms with van der Waals surface area (Å²) in [5, 5.41) is 11.5. The van der Waals surface area contributed by atoms with E-state index in [2.05, 4.69) is 47.8 Å². The highest BCUT2D eigenvalue weighted by molar-refractivity contribution is 4.85. The first-order valence-electron chi connectivity index (χ1n) is 5.73. The van der Waals surface area contributed by atoms with Crippen LogP contribution in [0, 0.1) is 5.92 Å². The molecule has 4 heteroatoms. The number of nitrogens with one attached hydrogen (secondary N) is 1. The molecule has 15 heavy (non-hydrogen) atoms. The fraction of sp³-hybridized carbons (Fsp3) is 0.818. The second kappa shape index (κ2) is 5.85. The smallest absolute Gasteiger partial charge is 0.146 e. The molecule has 0 aliphatic rings. The van der Waals surface area contributed by atoms with Gasteiger partial charge in [0.2, 0.25) is 0 Å². The lowest BCUT2D eigenvalue weighted by molar-refractivity contribution is 0.473. The van der Waals surface area contributed by atoms with E-state index in [-0.39, 0.29) is 0 Å². The zero-order valence-electron chi connectivity index (χ0n) is 10.2. The van der Waals surface area contributed by atoms with Gasteiger partial charge in [0.05, 0.1) is 6.54 Å². The lowest BCUT2D eigenvalue weighted by atomic mass is 10.2. The van der Waals surface area contributed by atoms with Gasteiger partial charge in [0, 0.05) is 12.6 Å². The van der Waals surface area contributed by atoms with E-state index >= 15 is 0 Å². The SMILES string of the molecule is CCC(C)NCc1nncn1CC(C)C. The molecule has 0 radical (unpaired) electrons. The van der Waals surface area contributed by atoms with Crippen molar-refractivity contribution in [3.8, 4) is 0 Å². The Morgan fingerprint density at radius 2 is 2.13 bits per heavy atom. The van der Waals surface area contributed by atoms with Gasteiger partial charge < -0.3 is 9.88 Å². The fourth-order valence-electron chi connectivity index (χ4n) is 1.37. The predicted octanol–water partition coefficient (Wildman–Crippen LogP) is 1.82. The molecule has 0 spiro atoms. The van der Waals surface area contributed by atoms with Crippen molar-refractivity contribution >= 4 is 0 Å². The van der Waals surface area contributed by atoms with Crippen LogP contribution in [-0.4, -0.2) is 20.8 Å². The summed E-state index contributed by atoms with van der Waals surface area (Å²) in [7, 11) is 0. The van der Waals surface area contributed by atoms with Crippen molar-refractivity contribution in [2.45, 2.75) is 53.2 Å². The van der Waals surface area contributed by atoms with Gasteiger partial charge in [-0.15, -0.1) is 10.2 Å². The van der Waals surface area contributed by atoms with E-state index in [9.17, 15) is 0 Å². The van der Waals surface area contributed by atoms with Crippen molar-refractivity contribution in [2.24, 2.45) is 5.92 Å². The van der Waals surface area contributed by atoms with Crippen LogP contribution in [-0.2, 0) is 13.1 Å². The van der Waals surface area contributed by atoms with E-state index in [1.54, 1.807) is 0 Å². The number of aromatic nitrogens is 3. The summed E-state index contributed by atoms with van der Waals surface area (Å²) in [6, 6.07) is 0.536. The minimum Gasteiger partial charge on any atom is -0.316 e. The van der Waals surface area contributed by atoms with Crippen LogP contribution >= 0.6 is 0 Å². The van der Waals surface area contributed by atoms with Crippen molar-refractivity contribution in [3.05, 3.63) is 12.2 Å². The van der Waals surface area contributed by atoms with Gasteiger partial charge in [0.25, 0.3) is 0 Å². The molecule has 1 atom stereocenters. The van der Waals surface area contributed by atoms with E-state index in [0.717, 1.165) is 25.3 Å². The van der Waals surface area contributed by atoms with Gasteiger partial charge in [-0.25, -0.2) is 0 Å². The molecule has 4 nitrogen and oxygen atoms in total. The number of nitrogens with zero attached hydrogens (tertiary/aromatic N) is 3. The standard InChI is InChI=1S/C11H22N4/c1-5-10(4)12-6-11-14-13-8-15(11)7-9(2)3/h8-10,12H,5-7H2,1-4H3. The van der Waals surface area contributed by atoms with E-state index in [1.807, 2.05) is 6.33 Å². The van der Waals surface area contributed by atoms with Gasteiger partial charge in [-0.05, 0) is 19.3 Å². The molecule has 1 aromatic heterocycles. The molecular formula is C11H22N4. The molecule has 0 saturated carbocycles. The van der Waals surface area contributed by atoms with Gasteiger partial charge in [-0.1, -0.05) is 20.8 Å². The lowest BCUT2D eigenvalue weighted by Gasteiger charge is -2.12. The summed E-state index contributed by atoms with van der Waals surface area (Å²) in [5.41, 5.74) is 0. The van der Waals surface area contributed by atoms with Gasteiger partial charge in [-0.2, -0.15) is 0 Å². The van der Waals surface area contributed by atoms with Crippen molar-refractivity contribution < 1.29 is 0 Å². The molecule has 1 rings (SSSR count). The van der Waals surface area contributed by atoms with E-state index in [0.29, 0.717) is 12.0 Å². The Morgan fingerprint density at radius 3 is 2.73 bits per heavy atom. The molecule has 0 saturated heterocycles. The van der Waals surface area contributed by atoms with Crippen LogP contribution < -0.4 is 5.32 Å². The molecule has 0 aromatic carbocycles. The second-order valence-electron chi connectivity index (χ2n) is 4.48. The Bertz CT molecular complexity index is 280. The molecule has 0 fully saturated rings.